The number of benzene rings is 1. The first kappa shape index (κ1) is 19.4. The number of pyridine rings is 1. The Kier molecular flexibility index (Phi) is 5.62. The zero-order valence-corrected chi connectivity index (χ0v) is 14.9. The molecule has 0 unspecified atom stereocenters. The van der Waals surface area contributed by atoms with Gasteiger partial charge in [0.15, 0.2) is 0 Å². The number of aromatic nitrogens is 3. The first-order valence-corrected chi connectivity index (χ1v) is 8.38. The van der Waals surface area contributed by atoms with Crippen molar-refractivity contribution in [2.75, 3.05) is 6.54 Å². The number of alkyl halides is 3. The average molecular weight is 390 g/mol. The molecule has 2 aromatic heterocycles. The molecule has 0 spiro atoms. The number of amides is 1. The zero-order chi connectivity index (χ0) is 20.1. The minimum atomic E-state index is -4.72. The number of hydrogen-bond acceptors (Lipinski definition) is 4. The van der Waals surface area contributed by atoms with E-state index in [0.29, 0.717) is 13.0 Å². The van der Waals surface area contributed by atoms with E-state index in [1.807, 2.05) is 6.20 Å². The van der Waals surface area contributed by atoms with Crippen molar-refractivity contribution in [1.29, 1.82) is 0 Å². The van der Waals surface area contributed by atoms with Gasteiger partial charge >= 0.3 is 6.36 Å². The Labute approximate surface area is 159 Å². The fourth-order valence-electron chi connectivity index (χ4n) is 2.57. The molecule has 146 valence electrons. The number of aryl methyl sites for hydroxylation is 1. The maximum Gasteiger partial charge on any atom is 0.573 e. The fraction of sp³-hybridized carbons (Fsp3) is 0.211. The third kappa shape index (κ3) is 5.32. The lowest BCUT2D eigenvalue weighted by atomic mass is 10.1. The highest BCUT2D eigenvalue weighted by Gasteiger charge is 2.30. The van der Waals surface area contributed by atoms with Gasteiger partial charge in [-0.05, 0) is 41.8 Å². The van der Waals surface area contributed by atoms with Crippen LogP contribution in [0.5, 0.6) is 5.75 Å². The normalized spacial score (nSPS) is 11.3. The largest absolute Gasteiger partial charge is 0.573 e. The standard InChI is InChI=1S/C19H17F3N4O2/c1-26-12-15(11-25-26)14-7-9-23-17(10-14)18(27)24-8-6-13-2-4-16(5-3-13)28-19(20,21)22/h2-5,7,9-12H,6,8H2,1H3,(H,24,27). The summed E-state index contributed by atoms with van der Waals surface area (Å²) in [4.78, 5) is 16.4. The Morgan fingerprint density at radius 1 is 1.18 bits per heavy atom. The SMILES string of the molecule is Cn1cc(-c2ccnc(C(=O)NCCc3ccc(OC(F)(F)F)cc3)c2)cn1. The lowest BCUT2D eigenvalue weighted by Crippen LogP contribution is -2.26. The van der Waals surface area contributed by atoms with Gasteiger partial charge in [0, 0.05) is 31.5 Å². The molecule has 2 heterocycles. The predicted molar refractivity (Wildman–Crippen MR) is 95.6 cm³/mol. The molecule has 0 saturated carbocycles. The highest BCUT2D eigenvalue weighted by atomic mass is 19.4. The third-order valence-electron chi connectivity index (χ3n) is 3.89. The average Bonchev–Trinajstić information content (AvgIpc) is 3.08. The molecule has 6 nitrogen and oxygen atoms in total. The summed E-state index contributed by atoms with van der Waals surface area (Å²) in [5, 5.41) is 6.85. The molecule has 3 rings (SSSR count). The molecule has 28 heavy (non-hydrogen) atoms. The van der Waals surface area contributed by atoms with Crippen LogP contribution in [0.1, 0.15) is 16.1 Å². The molecular weight excluding hydrogens is 373 g/mol. The molecule has 0 aliphatic heterocycles. The lowest BCUT2D eigenvalue weighted by Gasteiger charge is -2.09. The summed E-state index contributed by atoms with van der Waals surface area (Å²) in [5.74, 6) is -0.612. The Bertz CT molecular complexity index is 952. The second-order valence-electron chi connectivity index (χ2n) is 6.03. The molecule has 9 heteroatoms. The number of ether oxygens (including phenoxy) is 1. The predicted octanol–water partition coefficient (Wildman–Crippen LogP) is 3.35. The number of nitrogens with one attached hydrogen (secondary N) is 1. The summed E-state index contributed by atoms with van der Waals surface area (Å²) in [5.41, 5.74) is 2.75. The first-order chi connectivity index (χ1) is 13.3. The molecule has 0 fully saturated rings. The van der Waals surface area contributed by atoms with Crippen LogP contribution in [0.3, 0.4) is 0 Å². The van der Waals surface area contributed by atoms with Crippen molar-refractivity contribution in [3.05, 3.63) is 66.2 Å². The van der Waals surface area contributed by atoms with Crippen molar-refractivity contribution in [2.45, 2.75) is 12.8 Å². The molecule has 1 aromatic carbocycles. The topological polar surface area (TPSA) is 69.0 Å². The van der Waals surface area contributed by atoms with E-state index in [9.17, 15) is 18.0 Å². The van der Waals surface area contributed by atoms with Gasteiger partial charge in [-0.3, -0.25) is 14.5 Å². The Hall–Kier alpha value is -3.36. The second-order valence-corrected chi connectivity index (χ2v) is 6.03. The highest BCUT2D eigenvalue weighted by molar-refractivity contribution is 5.93. The molecule has 0 aliphatic rings. The van der Waals surface area contributed by atoms with Crippen LogP contribution in [0.25, 0.3) is 11.1 Å². The Balaban J connectivity index is 1.54. The molecular formula is C19H17F3N4O2. The van der Waals surface area contributed by atoms with Crippen LogP contribution in [0.4, 0.5) is 13.2 Å². The molecule has 1 amide bonds. The van der Waals surface area contributed by atoms with Gasteiger partial charge in [-0.2, -0.15) is 5.10 Å². The molecule has 0 saturated heterocycles. The highest BCUT2D eigenvalue weighted by Crippen LogP contribution is 2.23. The maximum absolute atomic E-state index is 12.3. The van der Waals surface area contributed by atoms with Gasteiger partial charge in [0.25, 0.3) is 5.91 Å². The number of carbonyl (C=O) groups excluding carboxylic acids is 1. The van der Waals surface area contributed by atoms with Crippen LogP contribution in [0, 0.1) is 0 Å². The second kappa shape index (κ2) is 8.12. The van der Waals surface area contributed by atoms with Crippen molar-refractivity contribution in [3.8, 4) is 16.9 Å². The summed E-state index contributed by atoms with van der Waals surface area (Å²) in [6.07, 6.45) is 0.830. The fourth-order valence-corrected chi connectivity index (χ4v) is 2.57. The summed E-state index contributed by atoms with van der Waals surface area (Å²) in [7, 11) is 1.81. The van der Waals surface area contributed by atoms with E-state index in [1.165, 1.54) is 24.3 Å². The number of rotatable bonds is 6. The number of nitrogens with zero attached hydrogens (tertiary/aromatic N) is 3. The molecule has 0 aliphatic carbocycles. The van der Waals surface area contributed by atoms with Gasteiger partial charge in [-0.25, -0.2) is 0 Å². The van der Waals surface area contributed by atoms with Gasteiger partial charge < -0.3 is 10.1 Å². The molecule has 0 radical (unpaired) electrons. The Morgan fingerprint density at radius 3 is 2.57 bits per heavy atom. The first-order valence-electron chi connectivity index (χ1n) is 8.38. The van der Waals surface area contributed by atoms with Crippen molar-refractivity contribution in [1.82, 2.24) is 20.1 Å². The smallest absolute Gasteiger partial charge is 0.406 e. The quantitative estimate of drug-likeness (QED) is 0.701. The summed E-state index contributed by atoms with van der Waals surface area (Å²) >= 11 is 0. The van der Waals surface area contributed by atoms with E-state index in [0.717, 1.165) is 16.7 Å². The Morgan fingerprint density at radius 2 is 1.93 bits per heavy atom. The molecule has 0 bridgehead atoms. The van der Waals surface area contributed by atoms with E-state index in [-0.39, 0.29) is 17.4 Å². The minimum absolute atomic E-state index is 0.273. The molecule has 3 aromatic rings. The summed E-state index contributed by atoms with van der Waals surface area (Å²) < 4.78 is 41.9. The third-order valence-corrected chi connectivity index (χ3v) is 3.89. The van der Waals surface area contributed by atoms with Crippen molar-refractivity contribution >= 4 is 5.91 Å². The molecule has 1 N–H and O–H groups in total. The van der Waals surface area contributed by atoms with Crippen LogP contribution in [-0.4, -0.2) is 33.6 Å². The van der Waals surface area contributed by atoms with Crippen LogP contribution >= 0.6 is 0 Å². The van der Waals surface area contributed by atoms with Gasteiger partial charge in [-0.15, -0.1) is 13.2 Å². The minimum Gasteiger partial charge on any atom is -0.406 e. The maximum atomic E-state index is 12.3. The van der Waals surface area contributed by atoms with Crippen molar-refractivity contribution in [2.24, 2.45) is 7.05 Å². The van der Waals surface area contributed by atoms with E-state index in [2.05, 4.69) is 20.1 Å². The zero-order valence-electron chi connectivity index (χ0n) is 14.9. The number of hydrogen-bond donors (Lipinski definition) is 1. The monoisotopic (exact) mass is 390 g/mol. The molecule has 0 atom stereocenters. The van der Waals surface area contributed by atoms with Crippen molar-refractivity contribution < 1.29 is 22.7 Å². The van der Waals surface area contributed by atoms with Crippen LogP contribution in [0.15, 0.2) is 55.0 Å². The number of carbonyl (C=O) groups is 1. The van der Waals surface area contributed by atoms with Crippen LogP contribution in [-0.2, 0) is 13.5 Å². The summed E-state index contributed by atoms with van der Waals surface area (Å²) in [6.45, 7) is 0.317. The van der Waals surface area contributed by atoms with E-state index in [1.54, 1.807) is 36.3 Å². The van der Waals surface area contributed by atoms with Crippen molar-refractivity contribution in [3.63, 3.8) is 0 Å². The van der Waals surface area contributed by atoms with E-state index in [4.69, 9.17) is 0 Å². The van der Waals surface area contributed by atoms with E-state index < -0.39 is 6.36 Å². The van der Waals surface area contributed by atoms with Gasteiger partial charge in [-0.1, -0.05) is 12.1 Å². The lowest BCUT2D eigenvalue weighted by molar-refractivity contribution is -0.274. The number of halogens is 3. The van der Waals surface area contributed by atoms with Crippen LogP contribution < -0.4 is 10.1 Å². The van der Waals surface area contributed by atoms with Gasteiger partial charge in [0.2, 0.25) is 0 Å². The van der Waals surface area contributed by atoms with Gasteiger partial charge in [0.1, 0.15) is 11.4 Å². The summed E-state index contributed by atoms with van der Waals surface area (Å²) in [6, 6.07) is 8.99. The van der Waals surface area contributed by atoms with Crippen LogP contribution in [0.2, 0.25) is 0 Å². The van der Waals surface area contributed by atoms with Gasteiger partial charge in [0.05, 0.1) is 6.20 Å². The van der Waals surface area contributed by atoms with E-state index >= 15 is 0 Å².